The highest BCUT2D eigenvalue weighted by Gasteiger charge is 2.44. The summed E-state index contributed by atoms with van der Waals surface area (Å²) in [6.07, 6.45) is 6.06. The summed E-state index contributed by atoms with van der Waals surface area (Å²) < 4.78 is 1.45. The number of amides is 1. The predicted molar refractivity (Wildman–Crippen MR) is 129 cm³/mol. The lowest BCUT2D eigenvalue weighted by atomic mass is 9.85. The van der Waals surface area contributed by atoms with Gasteiger partial charge in [0.25, 0.3) is 0 Å². The Labute approximate surface area is 197 Å². The summed E-state index contributed by atoms with van der Waals surface area (Å²) >= 11 is 12.5. The maximum absolute atomic E-state index is 12.9. The summed E-state index contributed by atoms with van der Waals surface area (Å²) in [6, 6.07) is 7.67. The summed E-state index contributed by atoms with van der Waals surface area (Å²) in [5, 5.41) is 9.84. The first-order valence-electron chi connectivity index (χ1n) is 11.3. The number of fused-ring (bicyclic) bond motifs is 1. The molecule has 5 rings (SSSR count). The molecule has 2 saturated heterocycles. The second-order valence-electron chi connectivity index (χ2n) is 8.84. The van der Waals surface area contributed by atoms with Gasteiger partial charge in [-0.15, -0.1) is 5.10 Å². The van der Waals surface area contributed by atoms with Crippen LogP contribution >= 0.6 is 23.2 Å². The van der Waals surface area contributed by atoms with E-state index in [1.807, 2.05) is 24.0 Å². The minimum Gasteiger partial charge on any atom is -0.369 e. The molecule has 170 valence electrons. The fraction of sp³-hybridized carbons (Fsp3) is 0.478. The zero-order valence-corrected chi connectivity index (χ0v) is 19.7. The number of nitrogens with one attached hydrogen (secondary N) is 2. The van der Waals surface area contributed by atoms with Gasteiger partial charge in [-0.3, -0.25) is 4.90 Å². The Morgan fingerprint density at radius 3 is 2.78 bits per heavy atom. The molecular formula is C23H28Cl2N6O. The topological polar surface area (TPSA) is 69.2 Å². The van der Waals surface area contributed by atoms with Crippen LogP contribution in [0.5, 0.6) is 0 Å². The molecule has 1 spiro atoms. The maximum atomic E-state index is 12.9. The Bertz CT molecular complexity index is 1130. The fourth-order valence-corrected chi connectivity index (χ4v) is 5.84. The quantitative estimate of drug-likeness (QED) is 0.544. The predicted octanol–water partition coefficient (Wildman–Crippen LogP) is 5.20. The summed E-state index contributed by atoms with van der Waals surface area (Å²) in [6.45, 7) is 6.21. The molecule has 0 unspecified atom stereocenters. The molecule has 7 nitrogen and oxygen atoms in total. The first-order valence-corrected chi connectivity index (χ1v) is 12.0. The van der Waals surface area contributed by atoms with E-state index in [4.69, 9.17) is 23.2 Å². The number of hydrogen-bond acceptors (Lipinski definition) is 4. The summed E-state index contributed by atoms with van der Waals surface area (Å²) in [5.74, 6) is 0.732. The molecule has 0 bridgehead atoms. The Hall–Kier alpha value is -2.22. The number of likely N-dealkylation sites (tertiary alicyclic amines) is 2. The van der Waals surface area contributed by atoms with Crippen molar-refractivity contribution < 1.29 is 4.79 Å². The number of benzene rings is 1. The van der Waals surface area contributed by atoms with Gasteiger partial charge in [-0.2, -0.15) is 4.68 Å². The SMILES string of the molecule is CCNc1ccn(C(=O)N2CCC3(CCCN3Cc3cc4cc(Cl)cc(Cl)c4[nH]3)CC2)n1. The van der Waals surface area contributed by atoms with Gasteiger partial charge < -0.3 is 15.2 Å². The molecule has 1 aromatic carbocycles. The van der Waals surface area contributed by atoms with Crippen molar-refractivity contribution in [1.29, 1.82) is 0 Å². The number of anilines is 1. The number of carbonyl (C=O) groups excluding carboxylic acids is 1. The van der Waals surface area contributed by atoms with Crippen LogP contribution in [0.2, 0.25) is 10.0 Å². The number of halogens is 2. The third-order valence-electron chi connectivity index (χ3n) is 6.91. The third-order valence-corrected chi connectivity index (χ3v) is 7.43. The van der Waals surface area contributed by atoms with Crippen LogP contribution in [-0.2, 0) is 6.54 Å². The van der Waals surface area contributed by atoms with Gasteiger partial charge in [0.2, 0.25) is 0 Å². The molecule has 9 heteroatoms. The van der Waals surface area contributed by atoms with E-state index in [1.54, 1.807) is 12.3 Å². The molecule has 4 heterocycles. The molecule has 0 radical (unpaired) electrons. The van der Waals surface area contributed by atoms with Crippen molar-refractivity contribution >= 4 is 46.0 Å². The van der Waals surface area contributed by atoms with E-state index >= 15 is 0 Å². The molecule has 0 saturated carbocycles. The summed E-state index contributed by atoms with van der Waals surface area (Å²) in [4.78, 5) is 20.9. The zero-order chi connectivity index (χ0) is 22.3. The summed E-state index contributed by atoms with van der Waals surface area (Å²) in [7, 11) is 0. The monoisotopic (exact) mass is 474 g/mol. The molecule has 0 atom stereocenters. The van der Waals surface area contributed by atoms with Crippen molar-refractivity contribution in [3.8, 4) is 0 Å². The number of aromatic amines is 1. The smallest absolute Gasteiger partial charge is 0.344 e. The van der Waals surface area contributed by atoms with Gasteiger partial charge in [0.15, 0.2) is 0 Å². The van der Waals surface area contributed by atoms with Gasteiger partial charge in [-0.1, -0.05) is 23.2 Å². The van der Waals surface area contributed by atoms with E-state index in [0.29, 0.717) is 10.0 Å². The van der Waals surface area contributed by atoms with Gasteiger partial charge in [0, 0.05) is 60.1 Å². The van der Waals surface area contributed by atoms with Crippen LogP contribution in [0.4, 0.5) is 10.6 Å². The average Bonchev–Trinajstić information content (AvgIpc) is 3.49. The normalized spacial score (nSPS) is 18.7. The van der Waals surface area contributed by atoms with Crippen LogP contribution in [0.15, 0.2) is 30.5 Å². The largest absolute Gasteiger partial charge is 0.369 e. The number of piperidine rings is 1. The molecule has 32 heavy (non-hydrogen) atoms. The van der Waals surface area contributed by atoms with E-state index < -0.39 is 0 Å². The van der Waals surface area contributed by atoms with Crippen LogP contribution in [0.1, 0.15) is 38.3 Å². The van der Waals surface area contributed by atoms with Crippen LogP contribution < -0.4 is 5.32 Å². The highest BCUT2D eigenvalue weighted by atomic mass is 35.5. The molecule has 2 aliphatic rings. The van der Waals surface area contributed by atoms with E-state index in [1.165, 1.54) is 17.5 Å². The van der Waals surface area contributed by atoms with Gasteiger partial charge >= 0.3 is 6.03 Å². The molecule has 2 aromatic heterocycles. The van der Waals surface area contributed by atoms with Gasteiger partial charge in [0.1, 0.15) is 5.82 Å². The highest BCUT2D eigenvalue weighted by molar-refractivity contribution is 6.38. The summed E-state index contributed by atoms with van der Waals surface area (Å²) in [5.41, 5.74) is 2.24. The van der Waals surface area contributed by atoms with Gasteiger partial charge in [0.05, 0.1) is 10.5 Å². The number of carbonyl (C=O) groups is 1. The van der Waals surface area contributed by atoms with E-state index in [9.17, 15) is 4.79 Å². The number of aromatic nitrogens is 3. The van der Waals surface area contributed by atoms with Crippen LogP contribution in [-0.4, -0.2) is 62.3 Å². The first-order chi connectivity index (χ1) is 15.5. The highest BCUT2D eigenvalue weighted by Crippen LogP contribution is 2.40. The molecular weight excluding hydrogens is 447 g/mol. The maximum Gasteiger partial charge on any atom is 0.344 e. The van der Waals surface area contributed by atoms with E-state index in [2.05, 4.69) is 26.4 Å². The minimum atomic E-state index is -0.0457. The molecule has 2 fully saturated rings. The van der Waals surface area contributed by atoms with Gasteiger partial charge in [-0.05, 0) is 57.4 Å². The van der Waals surface area contributed by atoms with Crippen LogP contribution in [0.25, 0.3) is 10.9 Å². The Morgan fingerprint density at radius 1 is 1.19 bits per heavy atom. The minimum absolute atomic E-state index is 0.0457. The van der Waals surface area contributed by atoms with Crippen molar-refractivity contribution in [2.75, 3.05) is 31.5 Å². The molecule has 2 N–H and O–H groups in total. The lowest BCUT2D eigenvalue weighted by Crippen LogP contribution is -2.53. The Kier molecular flexibility index (Phi) is 5.82. The zero-order valence-electron chi connectivity index (χ0n) is 18.2. The van der Waals surface area contributed by atoms with Gasteiger partial charge in [-0.25, -0.2) is 4.79 Å². The molecule has 1 amide bonds. The van der Waals surface area contributed by atoms with E-state index in [0.717, 1.165) is 68.0 Å². The van der Waals surface area contributed by atoms with Crippen LogP contribution in [0, 0.1) is 0 Å². The van der Waals surface area contributed by atoms with Crippen molar-refractivity contribution in [3.63, 3.8) is 0 Å². The first kappa shape index (κ1) is 21.6. The number of nitrogens with zero attached hydrogens (tertiary/aromatic N) is 4. The second-order valence-corrected chi connectivity index (χ2v) is 9.69. The second kappa shape index (κ2) is 8.61. The number of H-pyrrole nitrogens is 1. The molecule has 0 aliphatic carbocycles. The molecule has 2 aliphatic heterocycles. The standard InChI is InChI=1S/C23H28Cl2N6O/c1-2-26-20-4-9-31(28-20)22(32)29-10-6-23(7-11-29)5-3-8-30(23)15-18-13-16-12-17(24)14-19(25)21(16)27-18/h4,9,12-14,27H,2-3,5-8,10-11,15H2,1H3,(H,26,28). The third kappa shape index (κ3) is 3.98. The lowest BCUT2D eigenvalue weighted by Gasteiger charge is -2.44. The number of hydrogen-bond donors (Lipinski definition) is 2. The lowest BCUT2D eigenvalue weighted by molar-refractivity contribution is 0.0578. The van der Waals surface area contributed by atoms with Crippen molar-refractivity contribution in [2.45, 2.75) is 44.7 Å². The average molecular weight is 475 g/mol. The van der Waals surface area contributed by atoms with E-state index in [-0.39, 0.29) is 11.6 Å². The Balaban J connectivity index is 1.26. The Morgan fingerprint density at radius 2 is 2.00 bits per heavy atom. The van der Waals surface area contributed by atoms with Crippen LogP contribution in [0.3, 0.4) is 0 Å². The van der Waals surface area contributed by atoms with Crippen molar-refractivity contribution in [2.24, 2.45) is 0 Å². The molecule has 3 aromatic rings. The number of rotatable bonds is 4. The fourth-order valence-electron chi connectivity index (χ4n) is 5.29. The van der Waals surface area contributed by atoms with Crippen molar-refractivity contribution in [1.82, 2.24) is 24.6 Å². The van der Waals surface area contributed by atoms with Crippen molar-refractivity contribution in [3.05, 3.63) is 46.2 Å².